The van der Waals surface area contributed by atoms with Crippen LogP contribution in [0.1, 0.15) is 11.1 Å². The van der Waals surface area contributed by atoms with Gasteiger partial charge in [-0.1, -0.05) is 23.7 Å². The molecule has 110 valence electrons. The third-order valence-corrected chi connectivity index (χ3v) is 3.59. The molecule has 0 bridgehead atoms. The summed E-state index contributed by atoms with van der Waals surface area (Å²) < 4.78 is 38.5. The summed E-state index contributed by atoms with van der Waals surface area (Å²) in [6, 6.07) is 11.8. The fraction of sp³-hybridized carbons (Fsp3) is 0.0625. The third kappa shape index (κ3) is 2.42. The van der Waals surface area contributed by atoms with Crippen LogP contribution in [0.15, 0.2) is 42.5 Å². The van der Waals surface area contributed by atoms with Crippen LogP contribution < -0.4 is 0 Å². The number of hydrogen-bond donors (Lipinski definition) is 1. The van der Waals surface area contributed by atoms with Gasteiger partial charge in [0.25, 0.3) is 0 Å². The van der Waals surface area contributed by atoms with E-state index in [1.165, 1.54) is 12.1 Å². The van der Waals surface area contributed by atoms with Gasteiger partial charge in [0.2, 0.25) is 0 Å². The number of aromatic nitrogens is 1. The number of H-pyrrole nitrogens is 1. The monoisotopic (exact) mass is 320 g/mol. The average Bonchev–Trinajstić information content (AvgIpc) is 2.84. The molecule has 22 heavy (non-hydrogen) atoms. The minimum absolute atomic E-state index is 0.275. The van der Waals surface area contributed by atoms with E-state index in [-0.39, 0.29) is 5.56 Å². The predicted octanol–water partition coefficient (Wildman–Crippen LogP) is 5.38. The molecule has 1 aromatic heterocycles. The Balaban J connectivity index is 2.25. The Kier molecular flexibility index (Phi) is 3.34. The van der Waals surface area contributed by atoms with E-state index in [0.717, 1.165) is 12.1 Å². The van der Waals surface area contributed by atoms with E-state index in [4.69, 9.17) is 11.6 Å². The summed E-state index contributed by atoms with van der Waals surface area (Å²) in [6.07, 6.45) is -4.43. The number of aromatic amines is 1. The number of benzene rings is 2. The molecular weight excluding hydrogens is 313 g/mol. The van der Waals surface area contributed by atoms with Crippen molar-refractivity contribution in [2.24, 2.45) is 0 Å². The molecule has 3 rings (SSSR count). The number of fused-ring (bicyclic) bond motifs is 1. The van der Waals surface area contributed by atoms with E-state index in [0.29, 0.717) is 27.2 Å². The van der Waals surface area contributed by atoms with Gasteiger partial charge in [-0.3, -0.25) is 0 Å². The molecule has 0 radical (unpaired) electrons. The van der Waals surface area contributed by atoms with Crippen LogP contribution in [0.4, 0.5) is 13.2 Å². The quantitative estimate of drug-likeness (QED) is 0.642. The highest BCUT2D eigenvalue weighted by Gasteiger charge is 2.30. The lowest BCUT2D eigenvalue weighted by atomic mass is 10.0. The first kappa shape index (κ1) is 14.5. The summed E-state index contributed by atoms with van der Waals surface area (Å²) in [6.45, 7) is 0. The summed E-state index contributed by atoms with van der Waals surface area (Å²) in [5.41, 5.74) is 0.820. The van der Waals surface area contributed by atoms with Gasteiger partial charge in [-0.2, -0.15) is 18.4 Å². The van der Waals surface area contributed by atoms with Gasteiger partial charge in [0.15, 0.2) is 0 Å². The molecule has 0 amide bonds. The third-order valence-electron chi connectivity index (χ3n) is 3.35. The molecule has 0 aliphatic carbocycles. The van der Waals surface area contributed by atoms with Crippen molar-refractivity contribution in [1.82, 2.24) is 4.98 Å². The topological polar surface area (TPSA) is 39.6 Å². The zero-order valence-corrected chi connectivity index (χ0v) is 11.8. The molecule has 1 N–H and O–H groups in total. The van der Waals surface area contributed by atoms with Crippen LogP contribution in [0.2, 0.25) is 5.02 Å². The predicted molar refractivity (Wildman–Crippen MR) is 78.5 cm³/mol. The molecule has 0 aliphatic rings. The largest absolute Gasteiger partial charge is 0.416 e. The number of halogens is 4. The van der Waals surface area contributed by atoms with E-state index < -0.39 is 11.7 Å². The van der Waals surface area contributed by atoms with Gasteiger partial charge in [-0.05, 0) is 35.9 Å². The lowest BCUT2D eigenvalue weighted by Gasteiger charge is -2.08. The molecule has 2 aromatic carbocycles. The van der Waals surface area contributed by atoms with Crippen LogP contribution in [-0.4, -0.2) is 4.98 Å². The highest BCUT2D eigenvalue weighted by molar-refractivity contribution is 6.31. The first-order valence-corrected chi connectivity index (χ1v) is 6.67. The summed E-state index contributed by atoms with van der Waals surface area (Å²) in [5, 5.41) is 10.4. The van der Waals surface area contributed by atoms with Gasteiger partial charge in [0.1, 0.15) is 6.07 Å². The Morgan fingerprint density at radius 1 is 1.09 bits per heavy atom. The molecule has 3 aromatic rings. The highest BCUT2D eigenvalue weighted by atomic mass is 35.5. The Hall–Kier alpha value is -2.45. The number of nitriles is 1. The fourth-order valence-corrected chi connectivity index (χ4v) is 2.52. The minimum Gasteiger partial charge on any atom is -0.353 e. The van der Waals surface area contributed by atoms with Crippen LogP contribution in [0.3, 0.4) is 0 Å². The molecule has 1 heterocycles. The standard InChI is InChI=1S/C16H8ClF3N2/c17-11-4-5-14-12(7-11)13(8-21)15(22-14)9-2-1-3-10(6-9)16(18,19)20/h1-7,22H. The van der Waals surface area contributed by atoms with Gasteiger partial charge in [0.05, 0.1) is 16.8 Å². The smallest absolute Gasteiger partial charge is 0.353 e. The van der Waals surface area contributed by atoms with Crippen LogP contribution >= 0.6 is 11.6 Å². The summed E-state index contributed by atoms with van der Waals surface area (Å²) in [5.74, 6) is 0. The van der Waals surface area contributed by atoms with Crippen LogP contribution in [0, 0.1) is 11.3 Å². The zero-order chi connectivity index (χ0) is 15.9. The van der Waals surface area contributed by atoms with Crippen LogP contribution in [0.25, 0.3) is 22.2 Å². The van der Waals surface area contributed by atoms with Crippen molar-refractivity contribution in [3.05, 3.63) is 58.6 Å². The van der Waals surface area contributed by atoms with Crippen molar-refractivity contribution < 1.29 is 13.2 Å². The van der Waals surface area contributed by atoms with Crippen LogP contribution in [0.5, 0.6) is 0 Å². The maximum Gasteiger partial charge on any atom is 0.416 e. The normalized spacial score (nSPS) is 11.6. The van der Waals surface area contributed by atoms with Crippen molar-refractivity contribution in [1.29, 1.82) is 5.26 Å². The Labute approximate surface area is 128 Å². The van der Waals surface area contributed by atoms with E-state index in [2.05, 4.69) is 4.98 Å². The molecule has 0 saturated heterocycles. The van der Waals surface area contributed by atoms with Crippen molar-refractivity contribution in [3.8, 4) is 17.3 Å². The fourth-order valence-electron chi connectivity index (χ4n) is 2.35. The first-order valence-electron chi connectivity index (χ1n) is 6.29. The number of nitrogens with one attached hydrogen (secondary N) is 1. The average molecular weight is 321 g/mol. The number of alkyl halides is 3. The molecule has 0 spiro atoms. The Bertz CT molecular complexity index is 904. The second-order valence-corrected chi connectivity index (χ2v) is 5.19. The lowest BCUT2D eigenvalue weighted by molar-refractivity contribution is -0.137. The highest BCUT2D eigenvalue weighted by Crippen LogP contribution is 2.35. The molecular formula is C16H8ClF3N2. The Morgan fingerprint density at radius 3 is 2.55 bits per heavy atom. The van der Waals surface area contributed by atoms with Crippen molar-refractivity contribution in [2.75, 3.05) is 0 Å². The van der Waals surface area contributed by atoms with E-state index in [1.807, 2.05) is 6.07 Å². The second kappa shape index (κ2) is 5.08. The zero-order valence-electron chi connectivity index (χ0n) is 11.0. The van der Waals surface area contributed by atoms with Gasteiger partial charge < -0.3 is 4.98 Å². The van der Waals surface area contributed by atoms with Gasteiger partial charge in [-0.25, -0.2) is 0 Å². The first-order chi connectivity index (χ1) is 10.4. The number of hydrogen-bond acceptors (Lipinski definition) is 1. The van der Waals surface area contributed by atoms with Crippen molar-refractivity contribution in [2.45, 2.75) is 6.18 Å². The molecule has 0 atom stereocenters. The van der Waals surface area contributed by atoms with E-state index in [9.17, 15) is 18.4 Å². The molecule has 0 saturated carbocycles. The molecule has 0 unspecified atom stereocenters. The molecule has 0 aliphatic heterocycles. The Morgan fingerprint density at radius 2 is 1.86 bits per heavy atom. The SMILES string of the molecule is N#Cc1c(-c2cccc(C(F)(F)F)c2)[nH]c2ccc(Cl)cc12. The summed E-state index contributed by atoms with van der Waals surface area (Å²) in [7, 11) is 0. The van der Waals surface area contributed by atoms with Crippen molar-refractivity contribution in [3.63, 3.8) is 0 Å². The van der Waals surface area contributed by atoms with Gasteiger partial charge in [0, 0.05) is 15.9 Å². The maximum atomic E-state index is 12.8. The number of nitrogens with zero attached hydrogens (tertiary/aromatic N) is 1. The number of rotatable bonds is 1. The van der Waals surface area contributed by atoms with Crippen molar-refractivity contribution >= 4 is 22.5 Å². The van der Waals surface area contributed by atoms with Gasteiger partial charge in [-0.15, -0.1) is 0 Å². The summed E-state index contributed by atoms with van der Waals surface area (Å²) >= 11 is 5.92. The maximum absolute atomic E-state index is 12.8. The van der Waals surface area contributed by atoms with Gasteiger partial charge >= 0.3 is 6.18 Å². The molecule has 6 heteroatoms. The van der Waals surface area contributed by atoms with E-state index in [1.54, 1.807) is 18.2 Å². The lowest BCUT2D eigenvalue weighted by Crippen LogP contribution is -2.04. The summed E-state index contributed by atoms with van der Waals surface area (Å²) in [4.78, 5) is 2.99. The second-order valence-electron chi connectivity index (χ2n) is 4.76. The minimum atomic E-state index is -4.43. The van der Waals surface area contributed by atoms with Crippen LogP contribution in [-0.2, 0) is 6.18 Å². The molecule has 2 nitrogen and oxygen atoms in total. The van der Waals surface area contributed by atoms with E-state index >= 15 is 0 Å². The molecule has 0 fully saturated rings.